The lowest BCUT2D eigenvalue weighted by Gasteiger charge is -2.13. The summed E-state index contributed by atoms with van der Waals surface area (Å²) in [5, 5.41) is 28.5. The number of carboxylic acids is 2. The first-order valence-corrected chi connectivity index (χ1v) is 9.81. The Hall–Kier alpha value is -4.48. The lowest BCUT2D eigenvalue weighted by atomic mass is 10.0. The molecule has 3 N–H and O–H groups in total. The summed E-state index contributed by atoms with van der Waals surface area (Å²) >= 11 is 0. The van der Waals surface area contributed by atoms with Crippen LogP contribution in [-0.4, -0.2) is 40.0 Å². The Bertz CT molecular complexity index is 1530. The first kappa shape index (κ1) is 22.7. The number of rotatable bonds is 8. The van der Waals surface area contributed by atoms with Gasteiger partial charge in [0.2, 0.25) is 11.5 Å². The monoisotopic (exact) mass is 468 g/mol. The molecule has 0 bridgehead atoms. The highest BCUT2D eigenvalue weighted by atomic mass is 17.2. The standard InChI is InChI=1S/C23H16O11/c24-12(7-11-3-1-4-15-20(11)13(25)8-18(32-15)22(27)28)10-31-34-17-6-2-5-16-21(17)14(26)9-19(33-16)23(29)30/h1-6,8-9,12,24H,7,10H2,(H,27,28)(H,29,30). The van der Waals surface area contributed by atoms with Gasteiger partial charge in [0.1, 0.15) is 23.2 Å². The number of aliphatic hydroxyl groups excluding tert-OH is 1. The lowest BCUT2D eigenvalue weighted by Crippen LogP contribution is -2.21. The average molecular weight is 468 g/mol. The third kappa shape index (κ3) is 4.51. The second-order valence-corrected chi connectivity index (χ2v) is 7.21. The number of aliphatic hydroxyl groups is 1. The van der Waals surface area contributed by atoms with Gasteiger partial charge in [-0.25, -0.2) is 9.59 Å². The van der Waals surface area contributed by atoms with Crippen LogP contribution in [0.3, 0.4) is 0 Å². The summed E-state index contributed by atoms with van der Waals surface area (Å²) < 4.78 is 10.4. The van der Waals surface area contributed by atoms with Gasteiger partial charge in [-0.15, -0.1) is 0 Å². The van der Waals surface area contributed by atoms with E-state index in [0.717, 1.165) is 12.1 Å². The Labute approximate surface area is 188 Å². The number of fused-ring (bicyclic) bond motifs is 2. The lowest BCUT2D eigenvalue weighted by molar-refractivity contribution is -0.222. The van der Waals surface area contributed by atoms with Crippen molar-refractivity contribution in [3.05, 3.63) is 86.1 Å². The van der Waals surface area contributed by atoms with E-state index in [1.54, 1.807) is 12.1 Å². The van der Waals surface area contributed by atoms with E-state index in [2.05, 4.69) is 0 Å². The van der Waals surface area contributed by atoms with Gasteiger partial charge in [0.25, 0.3) is 0 Å². The van der Waals surface area contributed by atoms with E-state index in [1.807, 2.05) is 0 Å². The van der Waals surface area contributed by atoms with Crippen molar-refractivity contribution >= 4 is 33.9 Å². The molecule has 0 spiro atoms. The maximum Gasteiger partial charge on any atom is 0.371 e. The Morgan fingerprint density at radius 1 is 0.853 bits per heavy atom. The van der Waals surface area contributed by atoms with E-state index < -0.39 is 40.4 Å². The highest BCUT2D eigenvalue weighted by Gasteiger charge is 2.17. The minimum atomic E-state index is -1.40. The third-order valence-corrected chi connectivity index (χ3v) is 4.84. The summed E-state index contributed by atoms with van der Waals surface area (Å²) in [5.74, 6) is -3.84. The summed E-state index contributed by atoms with van der Waals surface area (Å²) in [6.07, 6.45) is -1.19. The molecule has 174 valence electrons. The van der Waals surface area contributed by atoms with Gasteiger partial charge in [0.05, 0.1) is 11.5 Å². The van der Waals surface area contributed by atoms with E-state index in [9.17, 15) is 24.3 Å². The minimum Gasteiger partial charge on any atom is -0.475 e. The molecular weight excluding hydrogens is 452 g/mol. The summed E-state index contributed by atoms with van der Waals surface area (Å²) in [7, 11) is 0. The topological polar surface area (TPSA) is 174 Å². The molecule has 11 heteroatoms. The van der Waals surface area contributed by atoms with Crippen LogP contribution in [0.4, 0.5) is 0 Å². The number of carboxylic acid groups (broad SMARTS) is 2. The van der Waals surface area contributed by atoms with Crippen LogP contribution in [0.1, 0.15) is 26.7 Å². The summed E-state index contributed by atoms with van der Waals surface area (Å²) in [5.41, 5.74) is -0.764. The second kappa shape index (κ2) is 9.17. The minimum absolute atomic E-state index is 0.0187. The van der Waals surface area contributed by atoms with Gasteiger partial charge in [-0.05, 0) is 23.8 Å². The van der Waals surface area contributed by atoms with Gasteiger partial charge >= 0.3 is 11.9 Å². The number of carbonyl (C=O) groups is 2. The normalized spacial score (nSPS) is 12.0. The first-order chi connectivity index (χ1) is 16.2. The molecule has 0 aliphatic carbocycles. The van der Waals surface area contributed by atoms with Crippen molar-refractivity contribution in [1.29, 1.82) is 0 Å². The molecule has 0 aliphatic heterocycles. The predicted octanol–water partition coefficient (Wildman–Crippen LogP) is 2.21. The Morgan fingerprint density at radius 3 is 2.03 bits per heavy atom. The van der Waals surface area contributed by atoms with Crippen LogP contribution in [0.15, 0.2) is 67.0 Å². The largest absolute Gasteiger partial charge is 0.475 e. The highest BCUT2D eigenvalue weighted by molar-refractivity contribution is 5.90. The molecule has 2 heterocycles. The quantitative estimate of drug-likeness (QED) is 0.255. The molecule has 4 aromatic rings. The Balaban J connectivity index is 1.49. The first-order valence-electron chi connectivity index (χ1n) is 9.81. The van der Waals surface area contributed by atoms with Crippen molar-refractivity contribution in [1.82, 2.24) is 0 Å². The van der Waals surface area contributed by atoms with Gasteiger partial charge < -0.3 is 29.0 Å². The molecule has 0 fully saturated rings. The van der Waals surface area contributed by atoms with Crippen molar-refractivity contribution in [3.63, 3.8) is 0 Å². The van der Waals surface area contributed by atoms with E-state index >= 15 is 0 Å². The van der Waals surface area contributed by atoms with Crippen LogP contribution >= 0.6 is 0 Å². The fourth-order valence-corrected chi connectivity index (χ4v) is 3.40. The molecule has 1 atom stereocenters. The summed E-state index contributed by atoms with van der Waals surface area (Å²) in [6.45, 7) is -0.357. The SMILES string of the molecule is O=C(O)c1cc(=O)c2c(CC(O)COOc3cccc4oc(C(=O)O)cc(=O)c34)cccc2o1. The van der Waals surface area contributed by atoms with Crippen molar-refractivity contribution < 1.29 is 43.5 Å². The maximum absolute atomic E-state index is 12.4. The molecule has 0 aliphatic rings. The van der Waals surface area contributed by atoms with E-state index in [-0.39, 0.29) is 40.7 Å². The zero-order chi connectivity index (χ0) is 24.4. The van der Waals surface area contributed by atoms with Crippen LogP contribution in [-0.2, 0) is 11.3 Å². The van der Waals surface area contributed by atoms with Gasteiger partial charge in [0, 0.05) is 18.6 Å². The van der Waals surface area contributed by atoms with Crippen molar-refractivity contribution in [2.45, 2.75) is 12.5 Å². The molecule has 34 heavy (non-hydrogen) atoms. The molecule has 0 saturated heterocycles. The fraction of sp³-hybridized carbons (Fsp3) is 0.130. The van der Waals surface area contributed by atoms with Gasteiger partial charge in [-0.2, -0.15) is 4.89 Å². The summed E-state index contributed by atoms with van der Waals surface area (Å²) in [6, 6.07) is 10.5. The van der Waals surface area contributed by atoms with Crippen molar-refractivity contribution in [2.24, 2.45) is 0 Å². The van der Waals surface area contributed by atoms with Crippen LogP contribution in [0, 0.1) is 0 Å². The molecule has 0 saturated carbocycles. The molecule has 2 aromatic heterocycles. The number of hydrogen-bond donors (Lipinski definition) is 3. The summed E-state index contributed by atoms with van der Waals surface area (Å²) in [4.78, 5) is 57.1. The third-order valence-electron chi connectivity index (χ3n) is 4.84. The smallest absolute Gasteiger partial charge is 0.371 e. The highest BCUT2D eigenvalue weighted by Crippen LogP contribution is 2.24. The van der Waals surface area contributed by atoms with E-state index in [0.29, 0.717) is 5.56 Å². The molecule has 11 nitrogen and oxygen atoms in total. The molecule has 1 unspecified atom stereocenters. The molecular formula is C23H16O11. The van der Waals surface area contributed by atoms with E-state index in [4.69, 9.17) is 28.8 Å². The zero-order valence-corrected chi connectivity index (χ0v) is 17.2. The number of aromatic carboxylic acids is 2. The van der Waals surface area contributed by atoms with Gasteiger partial charge in [-0.3, -0.25) is 9.59 Å². The second-order valence-electron chi connectivity index (χ2n) is 7.21. The number of hydrogen-bond acceptors (Lipinski definition) is 9. The van der Waals surface area contributed by atoms with Crippen molar-refractivity contribution in [3.8, 4) is 5.75 Å². The zero-order valence-electron chi connectivity index (χ0n) is 17.2. The Morgan fingerprint density at radius 2 is 1.41 bits per heavy atom. The van der Waals surface area contributed by atoms with Crippen LogP contribution < -0.4 is 15.7 Å². The van der Waals surface area contributed by atoms with Gasteiger partial charge in [-0.1, -0.05) is 18.2 Å². The van der Waals surface area contributed by atoms with E-state index in [1.165, 1.54) is 24.3 Å². The predicted molar refractivity (Wildman–Crippen MR) is 115 cm³/mol. The molecule has 0 amide bonds. The number of benzene rings is 2. The van der Waals surface area contributed by atoms with Crippen molar-refractivity contribution in [2.75, 3.05) is 6.61 Å². The van der Waals surface area contributed by atoms with Crippen LogP contribution in [0.2, 0.25) is 0 Å². The Kier molecular flexibility index (Phi) is 6.13. The maximum atomic E-state index is 12.4. The van der Waals surface area contributed by atoms with Gasteiger partial charge in [0.15, 0.2) is 16.6 Å². The van der Waals surface area contributed by atoms with Crippen LogP contribution in [0.5, 0.6) is 5.75 Å². The molecule has 4 rings (SSSR count). The molecule has 0 radical (unpaired) electrons. The average Bonchev–Trinajstić information content (AvgIpc) is 2.78. The fourth-order valence-electron chi connectivity index (χ4n) is 3.40. The van der Waals surface area contributed by atoms with Crippen LogP contribution in [0.25, 0.3) is 21.9 Å². The molecule has 2 aromatic carbocycles.